The number of nitrogens with two attached hydrogens (primary N) is 1. The van der Waals surface area contributed by atoms with Gasteiger partial charge in [0.15, 0.2) is 0 Å². The minimum Gasteiger partial charge on any atom is -0.368 e. The van der Waals surface area contributed by atoms with Crippen molar-refractivity contribution in [1.29, 1.82) is 0 Å². The van der Waals surface area contributed by atoms with Gasteiger partial charge < -0.3 is 20.6 Å². The molecule has 0 bridgehead atoms. The van der Waals surface area contributed by atoms with E-state index in [2.05, 4.69) is 19.9 Å². The average Bonchev–Trinajstić information content (AvgIpc) is 3.12. The highest BCUT2D eigenvalue weighted by Crippen LogP contribution is 2.30. The van der Waals surface area contributed by atoms with Crippen LogP contribution in [-0.4, -0.2) is 36.8 Å². The van der Waals surface area contributed by atoms with Crippen LogP contribution in [0, 0.1) is 20.8 Å². The van der Waals surface area contributed by atoms with E-state index in [1.807, 2.05) is 59.0 Å². The van der Waals surface area contributed by atoms with Crippen LogP contribution in [0.4, 0.5) is 5.95 Å². The molecule has 0 unspecified atom stereocenters. The number of hydrogen-bond donors (Lipinski definition) is 3. The van der Waals surface area contributed by atoms with Gasteiger partial charge in [-0.3, -0.25) is 9.59 Å². The Hall–Kier alpha value is -3.94. The van der Waals surface area contributed by atoms with E-state index in [1.165, 1.54) is 0 Å². The topological polar surface area (TPSA) is 121 Å². The van der Waals surface area contributed by atoms with Crippen LogP contribution in [0.25, 0.3) is 22.2 Å². The fourth-order valence-electron chi connectivity index (χ4n) is 4.18. The van der Waals surface area contributed by atoms with Crippen LogP contribution in [0.3, 0.4) is 0 Å². The number of nitrogen functional groups attached to an aromatic ring is 1. The molecule has 3 aromatic heterocycles. The number of nitrogens with one attached hydrogen (secondary N) is 2. The maximum atomic E-state index is 13.9. The van der Waals surface area contributed by atoms with Gasteiger partial charge in [0, 0.05) is 51.7 Å². The van der Waals surface area contributed by atoms with Crippen molar-refractivity contribution >= 4 is 22.8 Å². The average molecular weight is 445 g/mol. The Bertz CT molecular complexity index is 1420. The standard InChI is InChI=1S/C25H28N6O2/c1-13(2)31(12-19-14(3)8-16(5)29-23(19)32)24(33)18-9-17(20-6-7-27-25(26)30-20)10-21-22(18)15(4)11-28-21/h6-11,13,28H,12H2,1-5H3,(H,29,32)(H2,26,27,30). The zero-order chi connectivity index (χ0) is 23.9. The lowest BCUT2D eigenvalue weighted by Crippen LogP contribution is -2.38. The van der Waals surface area contributed by atoms with E-state index in [9.17, 15) is 9.59 Å². The number of nitrogens with zero attached hydrogens (tertiary/aromatic N) is 3. The Labute approximate surface area is 191 Å². The zero-order valence-corrected chi connectivity index (χ0v) is 19.5. The molecule has 0 radical (unpaired) electrons. The first-order chi connectivity index (χ1) is 15.7. The molecule has 4 N–H and O–H groups in total. The van der Waals surface area contributed by atoms with Gasteiger partial charge in [0.05, 0.1) is 12.2 Å². The second-order valence-corrected chi connectivity index (χ2v) is 8.69. The number of aryl methyl sites for hydroxylation is 3. The monoisotopic (exact) mass is 444 g/mol. The Kier molecular flexibility index (Phi) is 5.76. The van der Waals surface area contributed by atoms with E-state index >= 15 is 0 Å². The molecule has 0 spiro atoms. The van der Waals surface area contributed by atoms with Crippen molar-refractivity contribution < 1.29 is 4.79 Å². The van der Waals surface area contributed by atoms with Crippen molar-refractivity contribution in [3.05, 3.63) is 75.0 Å². The number of pyridine rings is 1. The minimum atomic E-state index is -0.167. The highest BCUT2D eigenvalue weighted by Gasteiger charge is 2.25. The third kappa shape index (κ3) is 4.24. The first-order valence-corrected chi connectivity index (χ1v) is 10.9. The summed E-state index contributed by atoms with van der Waals surface area (Å²) >= 11 is 0. The summed E-state index contributed by atoms with van der Waals surface area (Å²) in [6.45, 7) is 9.83. The van der Waals surface area contributed by atoms with Gasteiger partial charge in [-0.15, -0.1) is 0 Å². The molecule has 1 aromatic carbocycles. The minimum absolute atomic E-state index is 0.120. The summed E-state index contributed by atoms with van der Waals surface area (Å²) in [5.41, 5.74) is 11.6. The Morgan fingerprint density at radius 3 is 2.58 bits per heavy atom. The number of amides is 1. The molecule has 33 heavy (non-hydrogen) atoms. The molecule has 0 aliphatic rings. The predicted molar refractivity (Wildman–Crippen MR) is 130 cm³/mol. The lowest BCUT2D eigenvalue weighted by atomic mass is 9.99. The van der Waals surface area contributed by atoms with Gasteiger partial charge >= 0.3 is 0 Å². The lowest BCUT2D eigenvalue weighted by molar-refractivity contribution is 0.0691. The van der Waals surface area contributed by atoms with Crippen LogP contribution in [-0.2, 0) is 6.54 Å². The molecule has 1 amide bonds. The van der Waals surface area contributed by atoms with Crippen molar-refractivity contribution in [1.82, 2.24) is 24.8 Å². The van der Waals surface area contributed by atoms with Gasteiger partial charge in [0.25, 0.3) is 11.5 Å². The molecule has 0 saturated heterocycles. The van der Waals surface area contributed by atoms with E-state index in [-0.39, 0.29) is 30.0 Å². The van der Waals surface area contributed by atoms with E-state index < -0.39 is 0 Å². The third-order valence-corrected chi connectivity index (χ3v) is 5.88. The maximum Gasteiger partial charge on any atom is 0.255 e. The number of benzene rings is 1. The summed E-state index contributed by atoms with van der Waals surface area (Å²) in [4.78, 5) is 42.7. The number of carbonyl (C=O) groups is 1. The highest BCUT2D eigenvalue weighted by atomic mass is 16.2. The smallest absolute Gasteiger partial charge is 0.255 e. The van der Waals surface area contributed by atoms with Crippen molar-refractivity contribution in [3.8, 4) is 11.3 Å². The zero-order valence-electron chi connectivity index (χ0n) is 19.5. The van der Waals surface area contributed by atoms with Crippen LogP contribution in [0.1, 0.15) is 46.6 Å². The first kappa shape index (κ1) is 22.3. The second kappa shape index (κ2) is 8.54. The molecule has 4 aromatic rings. The van der Waals surface area contributed by atoms with E-state index in [4.69, 9.17) is 5.73 Å². The molecular weight excluding hydrogens is 416 g/mol. The van der Waals surface area contributed by atoms with Crippen LogP contribution < -0.4 is 11.3 Å². The number of hydrogen-bond acceptors (Lipinski definition) is 5. The molecule has 0 aliphatic heterocycles. The number of aromatic amines is 2. The molecule has 0 saturated carbocycles. The van der Waals surface area contributed by atoms with E-state index in [0.717, 1.165) is 33.3 Å². The Morgan fingerprint density at radius 2 is 1.91 bits per heavy atom. The summed E-state index contributed by atoms with van der Waals surface area (Å²) in [7, 11) is 0. The SMILES string of the molecule is Cc1cc(C)c(CN(C(=O)c2cc(-c3ccnc(N)n3)cc3[nH]cc(C)c23)C(C)C)c(=O)[nH]1. The molecule has 8 nitrogen and oxygen atoms in total. The lowest BCUT2D eigenvalue weighted by Gasteiger charge is -2.28. The van der Waals surface area contributed by atoms with Crippen LogP contribution in [0.15, 0.2) is 41.5 Å². The molecule has 170 valence electrons. The number of aromatic nitrogens is 4. The molecule has 0 fully saturated rings. The molecule has 0 aliphatic carbocycles. The summed E-state index contributed by atoms with van der Waals surface area (Å²) in [6.07, 6.45) is 3.48. The Morgan fingerprint density at radius 1 is 1.15 bits per heavy atom. The molecule has 4 rings (SSSR count). The van der Waals surface area contributed by atoms with Gasteiger partial charge in [0.2, 0.25) is 5.95 Å². The number of H-pyrrole nitrogens is 2. The summed E-state index contributed by atoms with van der Waals surface area (Å²) in [6, 6.07) is 7.36. The molecule has 0 atom stereocenters. The van der Waals surface area contributed by atoms with Crippen molar-refractivity contribution in [2.24, 2.45) is 0 Å². The van der Waals surface area contributed by atoms with Gasteiger partial charge in [-0.25, -0.2) is 9.97 Å². The predicted octanol–water partition coefficient (Wildman–Crippen LogP) is 3.87. The molecular formula is C25H28N6O2. The quantitative estimate of drug-likeness (QED) is 0.431. The van der Waals surface area contributed by atoms with Crippen LogP contribution >= 0.6 is 0 Å². The largest absolute Gasteiger partial charge is 0.368 e. The number of carbonyl (C=O) groups excluding carboxylic acids is 1. The van der Waals surface area contributed by atoms with Crippen LogP contribution in [0.5, 0.6) is 0 Å². The van der Waals surface area contributed by atoms with Gasteiger partial charge in [-0.1, -0.05) is 0 Å². The highest BCUT2D eigenvalue weighted by molar-refractivity contribution is 6.09. The summed E-state index contributed by atoms with van der Waals surface area (Å²) in [5, 5.41) is 0.853. The summed E-state index contributed by atoms with van der Waals surface area (Å²) in [5.74, 6) is 0.0157. The van der Waals surface area contributed by atoms with Gasteiger partial charge in [-0.05, 0) is 70.0 Å². The van der Waals surface area contributed by atoms with Crippen molar-refractivity contribution in [2.45, 2.75) is 47.2 Å². The fraction of sp³-hybridized carbons (Fsp3) is 0.280. The normalized spacial score (nSPS) is 11.3. The van der Waals surface area contributed by atoms with Crippen molar-refractivity contribution in [2.75, 3.05) is 5.73 Å². The number of rotatable bonds is 5. The second-order valence-electron chi connectivity index (χ2n) is 8.69. The maximum absolute atomic E-state index is 13.9. The molecule has 3 heterocycles. The molecule has 8 heteroatoms. The van der Waals surface area contributed by atoms with E-state index in [0.29, 0.717) is 16.8 Å². The Balaban J connectivity index is 1.84. The first-order valence-electron chi connectivity index (χ1n) is 10.9. The van der Waals surface area contributed by atoms with E-state index in [1.54, 1.807) is 17.2 Å². The fourth-order valence-corrected chi connectivity index (χ4v) is 4.18. The van der Waals surface area contributed by atoms with Crippen LogP contribution in [0.2, 0.25) is 0 Å². The summed E-state index contributed by atoms with van der Waals surface area (Å²) < 4.78 is 0. The van der Waals surface area contributed by atoms with Gasteiger partial charge in [0.1, 0.15) is 0 Å². The third-order valence-electron chi connectivity index (χ3n) is 5.88. The van der Waals surface area contributed by atoms with Crippen molar-refractivity contribution in [3.63, 3.8) is 0 Å². The number of anilines is 1. The number of fused-ring (bicyclic) bond motifs is 1. The van der Waals surface area contributed by atoms with Gasteiger partial charge in [-0.2, -0.15) is 0 Å².